The van der Waals surface area contributed by atoms with E-state index in [1.807, 2.05) is 48.5 Å². The highest BCUT2D eigenvalue weighted by molar-refractivity contribution is 8.00. The number of aliphatic carboxylic acids is 1. The summed E-state index contributed by atoms with van der Waals surface area (Å²) in [5.74, 6) is -1.90. The van der Waals surface area contributed by atoms with Crippen LogP contribution in [-0.2, 0) is 21.0 Å². The third-order valence-electron chi connectivity index (χ3n) is 8.90. The fraction of sp³-hybridized carbons (Fsp3) is 0.379. The zero-order chi connectivity index (χ0) is 27.7. The number of thioether (sulfide) groups is 1. The average molecular weight is 597 g/mol. The summed E-state index contributed by atoms with van der Waals surface area (Å²) in [5.41, 5.74) is 1.89. The normalized spacial score (nSPS) is 29.8. The Kier molecular flexibility index (Phi) is 6.32. The summed E-state index contributed by atoms with van der Waals surface area (Å²) in [6.07, 6.45) is 0.509. The van der Waals surface area contributed by atoms with E-state index in [4.69, 9.17) is 21.4 Å². The van der Waals surface area contributed by atoms with Crippen molar-refractivity contribution >= 4 is 52.5 Å². The zero-order valence-corrected chi connectivity index (χ0v) is 23.5. The van der Waals surface area contributed by atoms with E-state index in [1.165, 1.54) is 16.2 Å². The maximum absolute atomic E-state index is 13.5. The largest absolute Gasteiger partial charge is 0.489 e. The van der Waals surface area contributed by atoms with Gasteiger partial charge in [-0.15, -0.1) is 11.8 Å². The molecule has 4 aliphatic rings. The number of imide groups is 1. The number of para-hydroxylation sites is 1. The quantitative estimate of drug-likeness (QED) is 0.382. The van der Waals surface area contributed by atoms with Gasteiger partial charge in [0, 0.05) is 33.2 Å². The fourth-order valence-corrected chi connectivity index (χ4v) is 10.6. The number of carbonyl (C=O) groups is 3. The van der Waals surface area contributed by atoms with Crippen molar-refractivity contribution in [1.82, 2.24) is 9.88 Å². The number of ether oxygens (including phenoxy) is 1. The summed E-state index contributed by atoms with van der Waals surface area (Å²) in [6.45, 7) is 0.234. The molecule has 6 unspecified atom stereocenters. The summed E-state index contributed by atoms with van der Waals surface area (Å²) >= 11 is 9.00. The lowest BCUT2D eigenvalue weighted by Crippen LogP contribution is -2.42. The lowest BCUT2D eigenvalue weighted by atomic mass is 9.68. The number of aromatic amines is 1. The Balaban J connectivity index is 1.26. The van der Waals surface area contributed by atoms with E-state index in [9.17, 15) is 19.2 Å². The minimum absolute atomic E-state index is 0.0186. The highest BCUT2D eigenvalue weighted by Gasteiger charge is 2.69. The number of hydrogen-bond acceptors (Lipinski definition) is 7. The third-order valence-corrected chi connectivity index (χ3v) is 11.7. The Hall–Kier alpha value is -3.08. The van der Waals surface area contributed by atoms with Crippen LogP contribution >= 0.6 is 34.7 Å². The molecule has 3 fully saturated rings. The van der Waals surface area contributed by atoms with Gasteiger partial charge in [-0.1, -0.05) is 53.3 Å². The van der Waals surface area contributed by atoms with Gasteiger partial charge in [0.15, 0.2) is 0 Å². The molecular formula is C29H25ClN2O6S2. The molecule has 7 rings (SSSR count). The van der Waals surface area contributed by atoms with Crippen LogP contribution in [0.3, 0.4) is 0 Å². The highest BCUT2D eigenvalue weighted by atomic mass is 35.5. The topological polar surface area (TPSA) is 117 Å². The minimum Gasteiger partial charge on any atom is -0.489 e. The average Bonchev–Trinajstić information content (AvgIpc) is 3.66. The molecule has 2 amide bonds. The van der Waals surface area contributed by atoms with E-state index in [2.05, 4.69) is 4.98 Å². The molecule has 7 atom stereocenters. The van der Waals surface area contributed by atoms with Crippen molar-refractivity contribution in [3.05, 3.63) is 79.2 Å². The summed E-state index contributed by atoms with van der Waals surface area (Å²) in [5, 5.41) is 10.7. The molecule has 1 saturated heterocycles. The number of nitrogens with one attached hydrogen (secondary N) is 1. The number of thiazole rings is 1. The Labute approximate surface area is 242 Å². The van der Waals surface area contributed by atoms with Crippen molar-refractivity contribution < 1.29 is 24.2 Å². The molecule has 2 N–H and O–H groups in total. The molecule has 3 aromatic rings. The van der Waals surface area contributed by atoms with Crippen molar-refractivity contribution in [3.63, 3.8) is 0 Å². The van der Waals surface area contributed by atoms with Crippen LogP contribution in [0.2, 0.25) is 5.02 Å². The van der Waals surface area contributed by atoms with Gasteiger partial charge in [-0.25, -0.2) is 0 Å². The van der Waals surface area contributed by atoms with Crippen LogP contribution in [-0.4, -0.2) is 44.6 Å². The number of hydrogen-bond donors (Lipinski definition) is 2. The van der Waals surface area contributed by atoms with Crippen molar-refractivity contribution in [1.29, 1.82) is 0 Å². The van der Waals surface area contributed by atoms with Crippen LogP contribution in [0.4, 0.5) is 0 Å². The van der Waals surface area contributed by atoms with E-state index < -0.39 is 17.8 Å². The molecule has 3 heterocycles. The molecule has 11 heteroatoms. The molecule has 1 aromatic heterocycles. The minimum atomic E-state index is -1.03. The molecule has 2 aliphatic carbocycles. The van der Waals surface area contributed by atoms with E-state index in [0.717, 1.165) is 27.5 Å². The second-order valence-corrected chi connectivity index (χ2v) is 13.5. The van der Waals surface area contributed by atoms with E-state index in [1.54, 1.807) is 11.8 Å². The van der Waals surface area contributed by atoms with E-state index in [0.29, 0.717) is 17.4 Å². The van der Waals surface area contributed by atoms with Crippen LogP contribution in [0.5, 0.6) is 5.75 Å². The van der Waals surface area contributed by atoms with Gasteiger partial charge in [0.1, 0.15) is 12.4 Å². The van der Waals surface area contributed by atoms with Gasteiger partial charge < -0.3 is 14.8 Å². The van der Waals surface area contributed by atoms with Crippen molar-refractivity contribution in [2.24, 2.45) is 29.6 Å². The number of halogens is 1. The first-order valence-corrected chi connectivity index (χ1v) is 15.3. The second-order valence-electron chi connectivity index (χ2n) is 10.9. The third kappa shape index (κ3) is 4.02. The number of carboxylic acid groups (broad SMARTS) is 1. The Morgan fingerprint density at radius 1 is 1.07 bits per heavy atom. The van der Waals surface area contributed by atoms with Crippen molar-refractivity contribution in [2.75, 3.05) is 6.54 Å². The SMILES string of the molecule is O=C(O)CCN1C(=O)C2C3CC(C2C1=O)C1C3Sc2[nH]c(=O)sc2[C@@H]1c1ccccc1OCc1cccc(Cl)c1. The molecule has 0 spiro atoms. The zero-order valence-electron chi connectivity index (χ0n) is 21.1. The predicted octanol–water partition coefficient (Wildman–Crippen LogP) is 4.62. The Bertz CT molecular complexity index is 1600. The number of carbonyl (C=O) groups excluding carboxylic acids is 2. The van der Waals surface area contributed by atoms with Gasteiger partial charge in [0.25, 0.3) is 0 Å². The van der Waals surface area contributed by atoms with E-state index in [-0.39, 0.29) is 58.6 Å². The number of carboxylic acids is 1. The lowest BCUT2D eigenvalue weighted by Gasteiger charge is -2.43. The van der Waals surface area contributed by atoms with E-state index >= 15 is 0 Å². The Morgan fingerprint density at radius 3 is 2.62 bits per heavy atom. The Morgan fingerprint density at radius 2 is 1.85 bits per heavy atom. The molecule has 0 radical (unpaired) electrons. The molecule has 2 aliphatic heterocycles. The summed E-state index contributed by atoms with van der Waals surface area (Å²) in [4.78, 5) is 55.7. The summed E-state index contributed by atoms with van der Waals surface area (Å²) in [7, 11) is 0. The van der Waals surface area contributed by atoms with Gasteiger partial charge >= 0.3 is 10.8 Å². The molecule has 8 nitrogen and oxygen atoms in total. The number of aromatic nitrogens is 1. The first-order chi connectivity index (χ1) is 19.3. The molecule has 2 saturated carbocycles. The standard InChI is InChI=1S/C29H25ClN2O6S2/c30-14-5-3-4-13(10-14)12-38-18-7-2-1-6-15(18)20-21-16-11-17(24(21)39-26-25(20)40-29(37)31-26)23-22(16)27(35)32(28(23)36)9-8-19(33)34/h1-7,10,16-17,20-24H,8-9,11-12H2,(H,31,37)(H,33,34)/t16?,17?,20-,21?,22?,23?,24?/m1/s1. The highest BCUT2D eigenvalue weighted by Crippen LogP contribution is 2.69. The van der Waals surface area contributed by atoms with Gasteiger partial charge in [-0.05, 0) is 47.9 Å². The molecular weight excluding hydrogens is 572 g/mol. The van der Waals surface area contributed by atoms with Gasteiger partial charge in [0.05, 0.1) is 23.3 Å². The molecule has 206 valence electrons. The van der Waals surface area contributed by atoms with Gasteiger partial charge in [-0.3, -0.25) is 24.1 Å². The van der Waals surface area contributed by atoms with Crippen LogP contribution in [0, 0.1) is 29.6 Å². The van der Waals surface area contributed by atoms with Crippen molar-refractivity contribution in [3.8, 4) is 5.75 Å². The number of nitrogens with zero attached hydrogens (tertiary/aromatic N) is 1. The number of benzene rings is 2. The van der Waals surface area contributed by atoms with Gasteiger partial charge in [0.2, 0.25) is 11.8 Å². The monoisotopic (exact) mass is 596 g/mol. The number of H-pyrrole nitrogens is 1. The maximum atomic E-state index is 13.5. The number of fused-ring (bicyclic) bond motifs is 9. The predicted molar refractivity (Wildman–Crippen MR) is 150 cm³/mol. The van der Waals surface area contributed by atoms with Gasteiger partial charge in [-0.2, -0.15) is 0 Å². The van der Waals surface area contributed by atoms with Crippen molar-refractivity contribution in [2.45, 2.75) is 35.6 Å². The molecule has 2 aromatic carbocycles. The number of amides is 2. The maximum Gasteiger partial charge on any atom is 0.305 e. The van der Waals surface area contributed by atoms with Crippen LogP contribution in [0.25, 0.3) is 0 Å². The van der Waals surface area contributed by atoms with Crippen LogP contribution in [0.15, 0.2) is 58.4 Å². The smallest absolute Gasteiger partial charge is 0.305 e. The van der Waals surface area contributed by atoms with Crippen LogP contribution in [0.1, 0.15) is 34.8 Å². The summed E-state index contributed by atoms with van der Waals surface area (Å²) < 4.78 is 6.34. The molecule has 40 heavy (non-hydrogen) atoms. The first kappa shape index (κ1) is 25.9. The first-order valence-electron chi connectivity index (χ1n) is 13.2. The lowest BCUT2D eigenvalue weighted by molar-refractivity contribution is -0.142. The molecule has 2 bridgehead atoms. The summed E-state index contributed by atoms with van der Waals surface area (Å²) in [6, 6.07) is 15.3. The van der Waals surface area contributed by atoms with Crippen LogP contribution < -0.4 is 9.61 Å². The fourth-order valence-electron chi connectivity index (χ4n) is 7.51. The number of likely N-dealkylation sites (tertiary alicyclic amines) is 1. The second kappa shape index (κ2) is 9.78. The number of rotatable bonds is 7.